The van der Waals surface area contributed by atoms with Gasteiger partial charge in [-0.3, -0.25) is 0 Å². The Balaban J connectivity index is 2.39. The predicted octanol–water partition coefficient (Wildman–Crippen LogP) is 3.95. The summed E-state index contributed by atoms with van der Waals surface area (Å²) in [5.41, 5.74) is 5.11. The molecule has 0 saturated carbocycles. The standard InChI is InChI=1S/C18H23N3/c1-6-21-17-9-7-13(19(2)3)11-15(17)16-12-14(20(4)5)8-10-18(16)21/h7-12H,6H2,1-5H3. The molecule has 0 bridgehead atoms. The first-order chi connectivity index (χ1) is 10.0. The summed E-state index contributed by atoms with van der Waals surface area (Å²) in [7, 11) is 8.35. The third-order valence-electron chi connectivity index (χ3n) is 4.18. The van der Waals surface area contributed by atoms with Crippen LogP contribution >= 0.6 is 0 Å². The molecule has 0 atom stereocenters. The second kappa shape index (κ2) is 4.99. The minimum absolute atomic E-state index is 0.989. The summed E-state index contributed by atoms with van der Waals surface area (Å²) in [6.45, 7) is 3.20. The van der Waals surface area contributed by atoms with Crippen molar-refractivity contribution in [3.05, 3.63) is 36.4 Å². The number of hydrogen-bond acceptors (Lipinski definition) is 2. The highest BCUT2D eigenvalue weighted by molar-refractivity contribution is 6.10. The normalized spacial score (nSPS) is 11.3. The van der Waals surface area contributed by atoms with Gasteiger partial charge in [-0.05, 0) is 43.3 Å². The van der Waals surface area contributed by atoms with Gasteiger partial charge in [0.25, 0.3) is 0 Å². The Hall–Kier alpha value is -2.16. The minimum atomic E-state index is 0.989. The van der Waals surface area contributed by atoms with E-state index in [1.54, 1.807) is 0 Å². The predicted molar refractivity (Wildman–Crippen MR) is 93.8 cm³/mol. The van der Waals surface area contributed by atoms with E-state index in [9.17, 15) is 0 Å². The zero-order valence-corrected chi connectivity index (χ0v) is 13.5. The van der Waals surface area contributed by atoms with Crippen molar-refractivity contribution < 1.29 is 0 Å². The van der Waals surface area contributed by atoms with Gasteiger partial charge in [-0.25, -0.2) is 0 Å². The molecular weight excluding hydrogens is 258 g/mol. The van der Waals surface area contributed by atoms with Crippen molar-refractivity contribution >= 4 is 33.2 Å². The second-order valence-electron chi connectivity index (χ2n) is 5.94. The highest BCUT2D eigenvalue weighted by atomic mass is 15.1. The molecule has 21 heavy (non-hydrogen) atoms. The van der Waals surface area contributed by atoms with Crippen LogP contribution in [-0.4, -0.2) is 32.8 Å². The monoisotopic (exact) mass is 281 g/mol. The lowest BCUT2D eigenvalue weighted by molar-refractivity contribution is 0.827. The molecule has 3 heteroatoms. The van der Waals surface area contributed by atoms with Crippen LogP contribution in [-0.2, 0) is 6.54 Å². The van der Waals surface area contributed by atoms with E-state index in [4.69, 9.17) is 0 Å². The summed E-state index contributed by atoms with van der Waals surface area (Å²) in [6, 6.07) is 13.5. The molecule has 0 radical (unpaired) electrons. The lowest BCUT2D eigenvalue weighted by Gasteiger charge is -2.13. The number of nitrogens with zero attached hydrogens (tertiary/aromatic N) is 3. The van der Waals surface area contributed by atoms with E-state index in [0.29, 0.717) is 0 Å². The second-order valence-corrected chi connectivity index (χ2v) is 5.94. The first-order valence-corrected chi connectivity index (χ1v) is 7.43. The highest BCUT2D eigenvalue weighted by Gasteiger charge is 2.11. The highest BCUT2D eigenvalue weighted by Crippen LogP contribution is 2.33. The number of fused-ring (bicyclic) bond motifs is 3. The van der Waals surface area contributed by atoms with Crippen LogP contribution in [0.25, 0.3) is 21.8 Å². The van der Waals surface area contributed by atoms with Crippen molar-refractivity contribution in [2.75, 3.05) is 38.0 Å². The van der Waals surface area contributed by atoms with Gasteiger partial charge in [0.15, 0.2) is 0 Å². The summed E-state index contributed by atoms with van der Waals surface area (Å²) < 4.78 is 2.39. The SMILES string of the molecule is CCn1c2ccc(N(C)C)cc2c2cc(N(C)C)ccc21. The maximum atomic E-state index is 2.39. The average Bonchev–Trinajstić information content (AvgIpc) is 2.79. The van der Waals surface area contributed by atoms with Gasteiger partial charge >= 0.3 is 0 Å². The smallest absolute Gasteiger partial charge is 0.0492 e. The van der Waals surface area contributed by atoms with Gasteiger partial charge in [0.2, 0.25) is 0 Å². The lowest BCUT2D eigenvalue weighted by Crippen LogP contribution is -2.08. The number of aryl methyl sites for hydroxylation is 1. The Morgan fingerprint density at radius 2 is 1.19 bits per heavy atom. The van der Waals surface area contributed by atoms with Crippen LogP contribution < -0.4 is 9.80 Å². The minimum Gasteiger partial charge on any atom is -0.378 e. The fraction of sp³-hybridized carbons (Fsp3) is 0.333. The molecule has 0 amide bonds. The van der Waals surface area contributed by atoms with Crippen molar-refractivity contribution in [1.82, 2.24) is 4.57 Å². The van der Waals surface area contributed by atoms with E-state index in [0.717, 1.165) is 6.54 Å². The number of anilines is 2. The molecule has 0 aliphatic heterocycles. The number of benzene rings is 2. The summed E-state index contributed by atoms with van der Waals surface area (Å²) in [5, 5.41) is 2.67. The number of rotatable bonds is 3. The largest absolute Gasteiger partial charge is 0.378 e. The molecule has 0 aliphatic rings. The Bertz CT molecular complexity index is 732. The van der Waals surface area contributed by atoms with Gasteiger partial charge in [0.1, 0.15) is 0 Å². The van der Waals surface area contributed by atoms with Crippen molar-refractivity contribution in [2.45, 2.75) is 13.5 Å². The zero-order valence-electron chi connectivity index (χ0n) is 13.5. The van der Waals surface area contributed by atoms with Gasteiger partial charge in [-0.1, -0.05) is 0 Å². The molecule has 3 rings (SSSR count). The molecule has 0 unspecified atom stereocenters. The average molecular weight is 281 g/mol. The van der Waals surface area contributed by atoms with E-state index >= 15 is 0 Å². The third-order valence-corrected chi connectivity index (χ3v) is 4.18. The van der Waals surface area contributed by atoms with E-state index < -0.39 is 0 Å². The lowest BCUT2D eigenvalue weighted by atomic mass is 10.1. The van der Waals surface area contributed by atoms with Crippen molar-refractivity contribution in [3.63, 3.8) is 0 Å². The maximum Gasteiger partial charge on any atom is 0.0492 e. The Labute approximate surface area is 126 Å². The molecule has 2 aromatic carbocycles. The first kappa shape index (κ1) is 13.8. The molecule has 0 aliphatic carbocycles. The van der Waals surface area contributed by atoms with Crippen LogP contribution in [0.1, 0.15) is 6.92 Å². The fourth-order valence-electron chi connectivity index (χ4n) is 2.98. The molecule has 3 nitrogen and oxygen atoms in total. The van der Waals surface area contributed by atoms with E-state index in [2.05, 4.69) is 85.9 Å². The van der Waals surface area contributed by atoms with Gasteiger partial charge in [0, 0.05) is 67.9 Å². The summed E-state index contributed by atoms with van der Waals surface area (Å²) in [4.78, 5) is 4.31. The van der Waals surface area contributed by atoms with Gasteiger partial charge in [0.05, 0.1) is 0 Å². The van der Waals surface area contributed by atoms with Gasteiger partial charge in [-0.15, -0.1) is 0 Å². The fourth-order valence-corrected chi connectivity index (χ4v) is 2.98. The van der Waals surface area contributed by atoms with Crippen LogP contribution in [0, 0.1) is 0 Å². The molecule has 3 aromatic rings. The van der Waals surface area contributed by atoms with Crippen LogP contribution in [0.4, 0.5) is 11.4 Å². The Kier molecular flexibility index (Phi) is 3.28. The van der Waals surface area contributed by atoms with E-state index in [-0.39, 0.29) is 0 Å². The molecule has 0 fully saturated rings. The molecule has 1 aromatic heterocycles. The molecule has 1 heterocycles. The van der Waals surface area contributed by atoms with E-state index in [1.165, 1.54) is 33.2 Å². The van der Waals surface area contributed by atoms with Crippen LogP contribution in [0.2, 0.25) is 0 Å². The topological polar surface area (TPSA) is 11.4 Å². The van der Waals surface area contributed by atoms with Crippen LogP contribution in [0.5, 0.6) is 0 Å². The Morgan fingerprint density at radius 1 is 0.762 bits per heavy atom. The van der Waals surface area contributed by atoms with Crippen LogP contribution in [0.15, 0.2) is 36.4 Å². The molecule has 110 valence electrons. The first-order valence-electron chi connectivity index (χ1n) is 7.43. The maximum absolute atomic E-state index is 2.39. The van der Waals surface area contributed by atoms with Gasteiger partial charge < -0.3 is 14.4 Å². The van der Waals surface area contributed by atoms with Crippen molar-refractivity contribution in [3.8, 4) is 0 Å². The summed E-state index contributed by atoms with van der Waals surface area (Å²) in [5.74, 6) is 0. The van der Waals surface area contributed by atoms with E-state index in [1.807, 2.05) is 0 Å². The summed E-state index contributed by atoms with van der Waals surface area (Å²) in [6.07, 6.45) is 0. The molecular formula is C18H23N3. The zero-order chi connectivity index (χ0) is 15.1. The number of hydrogen-bond donors (Lipinski definition) is 0. The van der Waals surface area contributed by atoms with Crippen LogP contribution in [0.3, 0.4) is 0 Å². The third kappa shape index (κ3) is 2.13. The van der Waals surface area contributed by atoms with Crippen molar-refractivity contribution in [1.29, 1.82) is 0 Å². The quantitative estimate of drug-likeness (QED) is 0.720. The number of aromatic nitrogens is 1. The Morgan fingerprint density at radius 3 is 1.52 bits per heavy atom. The molecule has 0 N–H and O–H groups in total. The van der Waals surface area contributed by atoms with Gasteiger partial charge in [-0.2, -0.15) is 0 Å². The molecule has 0 spiro atoms. The molecule has 0 saturated heterocycles. The van der Waals surface area contributed by atoms with Crippen molar-refractivity contribution in [2.24, 2.45) is 0 Å². The summed E-state index contributed by atoms with van der Waals surface area (Å²) >= 11 is 0.